The number of carbonyl (C=O) groups is 1. The highest BCUT2D eigenvalue weighted by Crippen LogP contribution is 2.39. The highest BCUT2D eigenvalue weighted by molar-refractivity contribution is 9.10. The lowest BCUT2D eigenvalue weighted by molar-refractivity contribution is -0.122. The second-order valence-electron chi connectivity index (χ2n) is 5.58. The van der Waals surface area contributed by atoms with Gasteiger partial charge >= 0.3 is 0 Å². The van der Waals surface area contributed by atoms with Gasteiger partial charge in [0.2, 0.25) is 5.91 Å². The Balaban J connectivity index is 2.06. The van der Waals surface area contributed by atoms with Crippen LogP contribution in [0.15, 0.2) is 22.7 Å². The number of ether oxygens (including phenoxy) is 1. The SMILES string of the molecule is COc1ccc(Br)cc1CC(=O)NC(C)(CN)C1CC1. The minimum atomic E-state index is -0.281. The van der Waals surface area contributed by atoms with E-state index in [0.717, 1.165) is 28.6 Å². The van der Waals surface area contributed by atoms with Gasteiger partial charge in [0.15, 0.2) is 0 Å². The quantitative estimate of drug-likeness (QED) is 0.834. The first-order chi connectivity index (χ1) is 9.48. The van der Waals surface area contributed by atoms with E-state index in [2.05, 4.69) is 21.2 Å². The monoisotopic (exact) mass is 340 g/mol. The second kappa shape index (κ2) is 6.14. The largest absolute Gasteiger partial charge is 0.496 e. The van der Waals surface area contributed by atoms with Crippen molar-refractivity contribution in [2.75, 3.05) is 13.7 Å². The third-order valence-corrected chi connectivity index (χ3v) is 4.41. The summed E-state index contributed by atoms with van der Waals surface area (Å²) in [5.41, 5.74) is 6.41. The maximum absolute atomic E-state index is 12.3. The van der Waals surface area contributed by atoms with Crippen LogP contribution in [0.5, 0.6) is 5.75 Å². The molecular formula is C15H21BrN2O2. The predicted molar refractivity (Wildman–Crippen MR) is 82.7 cm³/mol. The molecule has 1 saturated carbocycles. The van der Waals surface area contributed by atoms with Crippen molar-refractivity contribution in [2.45, 2.75) is 31.7 Å². The minimum Gasteiger partial charge on any atom is -0.496 e. The molecule has 2 rings (SSSR count). The Kier molecular flexibility index (Phi) is 4.70. The fraction of sp³-hybridized carbons (Fsp3) is 0.533. The van der Waals surface area contributed by atoms with Crippen molar-refractivity contribution in [1.82, 2.24) is 5.32 Å². The first-order valence-corrected chi connectivity index (χ1v) is 7.61. The average Bonchev–Trinajstić information content (AvgIpc) is 3.23. The van der Waals surface area contributed by atoms with Crippen molar-refractivity contribution < 1.29 is 9.53 Å². The fourth-order valence-electron chi connectivity index (χ4n) is 2.46. The minimum absolute atomic E-state index is 0.0127. The van der Waals surface area contributed by atoms with E-state index in [1.54, 1.807) is 7.11 Å². The molecule has 0 heterocycles. The van der Waals surface area contributed by atoms with E-state index in [-0.39, 0.29) is 11.4 Å². The molecule has 1 aromatic rings. The van der Waals surface area contributed by atoms with Crippen LogP contribution >= 0.6 is 15.9 Å². The lowest BCUT2D eigenvalue weighted by Gasteiger charge is -2.29. The van der Waals surface area contributed by atoms with Crippen LogP contribution in [0.1, 0.15) is 25.3 Å². The van der Waals surface area contributed by atoms with Gasteiger partial charge < -0.3 is 15.8 Å². The lowest BCUT2D eigenvalue weighted by Crippen LogP contribution is -2.53. The molecule has 110 valence electrons. The van der Waals surface area contributed by atoms with Gasteiger partial charge in [0.1, 0.15) is 5.75 Å². The number of halogens is 1. The molecule has 1 atom stereocenters. The van der Waals surface area contributed by atoms with Crippen molar-refractivity contribution in [3.63, 3.8) is 0 Å². The van der Waals surface area contributed by atoms with Gasteiger partial charge in [0.05, 0.1) is 19.1 Å². The van der Waals surface area contributed by atoms with Crippen LogP contribution in [0.25, 0.3) is 0 Å². The van der Waals surface area contributed by atoms with Gasteiger partial charge in [-0.25, -0.2) is 0 Å². The maximum Gasteiger partial charge on any atom is 0.225 e. The van der Waals surface area contributed by atoms with Crippen LogP contribution in [0.2, 0.25) is 0 Å². The molecule has 0 saturated heterocycles. The summed E-state index contributed by atoms with van der Waals surface area (Å²) in [5.74, 6) is 1.23. The number of nitrogens with two attached hydrogens (primary N) is 1. The molecule has 0 aromatic heterocycles. The van der Waals surface area contributed by atoms with Gasteiger partial charge in [0.25, 0.3) is 0 Å². The average molecular weight is 341 g/mol. The number of hydrogen-bond acceptors (Lipinski definition) is 3. The van der Waals surface area contributed by atoms with Gasteiger partial charge in [-0.15, -0.1) is 0 Å². The molecule has 0 bridgehead atoms. The first-order valence-electron chi connectivity index (χ1n) is 6.82. The Bertz CT molecular complexity index is 503. The predicted octanol–water partition coefficient (Wildman–Crippen LogP) is 2.24. The smallest absolute Gasteiger partial charge is 0.225 e. The van der Waals surface area contributed by atoms with Crippen LogP contribution in [-0.2, 0) is 11.2 Å². The third kappa shape index (κ3) is 3.52. The topological polar surface area (TPSA) is 64.3 Å². The summed E-state index contributed by atoms with van der Waals surface area (Å²) in [5, 5.41) is 3.09. The second-order valence-corrected chi connectivity index (χ2v) is 6.49. The number of carbonyl (C=O) groups excluding carboxylic acids is 1. The molecule has 1 unspecified atom stereocenters. The number of methoxy groups -OCH3 is 1. The number of benzene rings is 1. The molecular weight excluding hydrogens is 320 g/mol. The number of nitrogens with one attached hydrogen (secondary N) is 1. The highest BCUT2D eigenvalue weighted by Gasteiger charge is 2.41. The highest BCUT2D eigenvalue weighted by atomic mass is 79.9. The molecule has 4 nitrogen and oxygen atoms in total. The van der Waals surface area contributed by atoms with E-state index in [1.165, 1.54) is 0 Å². The van der Waals surface area contributed by atoms with E-state index in [0.29, 0.717) is 18.9 Å². The zero-order chi connectivity index (χ0) is 14.8. The molecule has 0 radical (unpaired) electrons. The van der Waals surface area contributed by atoms with Crippen molar-refractivity contribution >= 4 is 21.8 Å². The summed E-state index contributed by atoms with van der Waals surface area (Å²) in [4.78, 5) is 12.3. The molecule has 1 aliphatic carbocycles. The first kappa shape index (κ1) is 15.3. The van der Waals surface area contributed by atoms with Gasteiger partial charge in [-0.3, -0.25) is 4.79 Å². The molecule has 1 aliphatic rings. The Labute approximate surface area is 128 Å². The molecule has 5 heteroatoms. The van der Waals surface area contributed by atoms with Crippen LogP contribution in [-0.4, -0.2) is 25.1 Å². The van der Waals surface area contributed by atoms with Crippen LogP contribution in [0, 0.1) is 5.92 Å². The number of hydrogen-bond donors (Lipinski definition) is 2. The Hall–Kier alpha value is -1.07. The molecule has 1 aromatic carbocycles. The molecule has 1 amide bonds. The summed E-state index contributed by atoms with van der Waals surface area (Å²) in [6.07, 6.45) is 2.59. The Morgan fingerprint density at radius 2 is 2.25 bits per heavy atom. The van der Waals surface area contributed by atoms with Gasteiger partial charge in [0, 0.05) is 16.6 Å². The molecule has 20 heavy (non-hydrogen) atoms. The number of rotatable bonds is 6. The normalized spacial score (nSPS) is 17.4. The zero-order valence-corrected chi connectivity index (χ0v) is 13.5. The van der Waals surface area contributed by atoms with E-state index in [1.807, 2.05) is 25.1 Å². The molecule has 0 spiro atoms. The van der Waals surface area contributed by atoms with Crippen LogP contribution in [0.3, 0.4) is 0 Å². The van der Waals surface area contributed by atoms with Crippen molar-refractivity contribution in [2.24, 2.45) is 11.7 Å². The Morgan fingerprint density at radius 1 is 1.55 bits per heavy atom. The van der Waals surface area contributed by atoms with Crippen LogP contribution in [0.4, 0.5) is 0 Å². The summed E-state index contributed by atoms with van der Waals surface area (Å²) in [7, 11) is 1.61. The standard InChI is InChI=1S/C15H21BrN2O2/c1-15(9-17,11-3-4-11)18-14(19)8-10-7-12(16)5-6-13(10)20-2/h5-7,11H,3-4,8-9,17H2,1-2H3,(H,18,19). The van der Waals surface area contributed by atoms with Gasteiger partial charge in [-0.1, -0.05) is 15.9 Å². The summed E-state index contributed by atoms with van der Waals surface area (Å²) in [6, 6.07) is 5.67. The van der Waals surface area contributed by atoms with E-state index in [4.69, 9.17) is 10.5 Å². The van der Waals surface area contributed by atoms with Crippen molar-refractivity contribution in [3.8, 4) is 5.75 Å². The van der Waals surface area contributed by atoms with Crippen LogP contribution < -0.4 is 15.8 Å². The van der Waals surface area contributed by atoms with E-state index in [9.17, 15) is 4.79 Å². The van der Waals surface area contributed by atoms with Crippen molar-refractivity contribution in [3.05, 3.63) is 28.2 Å². The Morgan fingerprint density at radius 3 is 2.80 bits per heavy atom. The summed E-state index contributed by atoms with van der Waals surface area (Å²) in [6.45, 7) is 2.50. The van der Waals surface area contributed by atoms with E-state index >= 15 is 0 Å². The zero-order valence-electron chi connectivity index (χ0n) is 11.9. The molecule has 1 fully saturated rings. The molecule has 0 aliphatic heterocycles. The van der Waals surface area contributed by atoms with Gasteiger partial charge in [-0.2, -0.15) is 0 Å². The fourth-order valence-corrected chi connectivity index (χ4v) is 2.87. The maximum atomic E-state index is 12.3. The van der Waals surface area contributed by atoms with Gasteiger partial charge in [-0.05, 0) is 43.9 Å². The third-order valence-electron chi connectivity index (χ3n) is 3.92. The van der Waals surface area contributed by atoms with E-state index < -0.39 is 0 Å². The number of amides is 1. The lowest BCUT2D eigenvalue weighted by atomic mass is 9.95. The molecule has 3 N–H and O–H groups in total. The summed E-state index contributed by atoms with van der Waals surface area (Å²) < 4.78 is 6.23. The van der Waals surface area contributed by atoms with Crippen molar-refractivity contribution in [1.29, 1.82) is 0 Å². The summed E-state index contributed by atoms with van der Waals surface area (Å²) >= 11 is 3.42.